The molecule has 2 aromatic heterocycles. The van der Waals surface area contributed by atoms with Crippen molar-refractivity contribution in [3.63, 3.8) is 0 Å². The summed E-state index contributed by atoms with van der Waals surface area (Å²) in [6, 6.07) is 8.31. The summed E-state index contributed by atoms with van der Waals surface area (Å²) in [6.07, 6.45) is 3.96. The maximum absolute atomic E-state index is 4.37. The molecule has 17 heavy (non-hydrogen) atoms. The highest BCUT2D eigenvalue weighted by atomic mass is 15.0. The molecule has 0 radical (unpaired) electrons. The molecule has 0 aliphatic carbocycles. The van der Waals surface area contributed by atoms with Crippen LogP contribution >= 0.6 is 0 Å². The largest absolute Gasteiger partial charge is 0.351 e. The molecule has 1 N–H and O–H groups in total. The van der Waals surface area contributed by atoms with E-state index in [1.165, 1.54) is 11.3 Å². The number of aryl methyl sites for hydroxylation is 2. The van der Waals surface area contributed by atoms with Crippen LogP contribution in [0.2, 0.25) is 0 Å². The Labute approximate surface area is 103 Å². The summed E-state index contributed by atoms with van der Waals surface area (Å²) in [5, 5.41) is 3.44. The van der Waals surface area contributed by atoms with Crippen LogP contribution in [0.5, 0.6) is 0 Å². The molecule has 90 valence electrons. The van der Waals surface area contributed by atoms with Crippen LogP contribution in [0.3, 0.4) is 0 Å². The average Bonchev–Trinajstić information content (AvgIpc) is 2.79. The average molecular weight is 229 g/mol. The summed E-state index contributed by atoms with van der Waals surface area (Å²) >= 11 is 0. The number of nitrogens with zero attached hydrogens (tertiary/aromatic N) is 2. The molecule has 0 aliphatic heterocycles. The van der Waals surface area contributed by atoms with Gasteiger partial charge in [0.15, 0.2) is 0 Å². The van der Waals surface area contributed by atoms with Gasteiger partial charge in [0.25, 0.3) is 0 Å². The lowest BCUT2D eigenvalue weighted by Gasteiger charge is -2.09. The van der Waals surface area contributed by atoms with E-state index in [2.05, 4.69) is 53.1 Å². The van der Waals surface area contributed by atoms with Crippen molar-refractivity contribution in [1.82, 2.24) is 14.9 Å². The highest BCUT2D eigenvalue weighted by molar-refractivity contribution is 5.17. The zero-order valence-electron chi connectivity index (χ0n) is 10.5. The smallest absolute Gasteiger partial charge is 0.0570 e. The molecule has 2 rings (SSSR count). The van der Waals surface area contributed by atoms with Crippen LogP contribution in [-0.4, -0.2) is 9.55 Å². The molecule has 0 bridgehead atoms. The van der Waals surface area contributed by atoms with E-state index >= 15 is 0 Å². The number of hydrogen-bond donors (Lipinski definition) is 1. The summed E-state index contributed by atoms with van der Waals surface area (Å²) in [6.45, 7) is 6.98. The first-order valence-electron chi connectivity index (χ1n) is 6.06. The first kappa shape index (κ1) is 11.9. The fourth-order valence-corrected chi connectivity index (χ4v) is 1.93. The van der Waals surface area contributed by atoms with E-state index < -0.39 is 0 Å². The summed E-state index contributed by atoms with van der Waals surface area (Å²) in [5.41, 5.74) is 3.69. The van der Waals surface area contributed by atoms with Gasteiger partial charge in [0.05, 0.1) is 5.69 Å². The molecular formula is C14H19N3. The van der Waals surface area contributed by atoms with Crippen LogP contribution < -0.4 is 5.32 Å². The number of nitrogens with one attached hydrogen (secondary N) is 1. The summed E-state index contributed by atoms with van der Waals surface area (Å²) < 4.78 is 2.25. The Balaban J connectivity index is 1.90. The van der Waals surface area contributed by atoms with Crippen molar-refractivity contribution in [1.29, 1.82) is 0 Å². The maximum Gasteiger partial charge on any atom is 0.0570 e. The lowest BCUT2D eigenvalue weighted by Crippen LogP contribution is -2.16. The van der Waals surface area contributed by atoms with Gasteiger partial charge in [-0.2, -0.15) is 0 Å². The third-order valence-corrected chi connectivity index (χ3v) is 2.98. The summed E-state index contributed by atoms with van der Waals surface area (Å²) in [4.78, 5) is 4.37. The lowest BCUT2D eigenvalue weighted by molar-refractivity contribution is 0.621. The minimum atomic E-state index is 0.821. The van der Waals surface area contributed by atoms with Gasteiger partial charge >= 0.3 is 0 Å². The third-order valence-electron chi connectivity index (χ3n) is 2.98. The maximum atomic E-state index is 4.37. The second kappa shape index (κ2) is 5.64. The Morgan fingerprint density at radius 1 is 1.24 bits per heavy atom. The molecule has 2 aromatic rings. The van der Waals surface area contributed by atoms with Gasteiger partial charge in [0.1, 0.15) is 0 Å². The molecule has 0 spiro atoms. The van der Waals surface area contributed by atoms with Crippen molar-refractivity contribution in [3.05, 3.63) is 53.6 Å². The number of hydrogen-bond acceptors (Lipinski definition) is 2. The van der Waals surface area contributed by atoms with Crippen molar-refractivity contribution in [2.45, 2.75) is 33.5 Å². The van der Waals surface area contributed by atoms with E-state index in [9.17, 15) is 0 Å². The van der Waals surface area contributed by atoms with Crippen molar-refractivity contribution in [2.24, 2.45) is 0 Å². The zero-order valence-corrected chi connectivity index (χ0v) is 10.5. The van der Waals surface area contributed by atoms with Gasteiger partial charge in [0, 0.05) is 37.7 Å². The fourth-order valence-electron chi connectivity index (χ4n) is 1.93. The van der Waals surface area contributed by atoms with Gasteiger partial charge < -0.3 is 9.88 Å². The minimum absolute atomic E-state index is 0.821. The molecule has 3 heteroatoms. The first-order valence-corrected chi connectivity index (χ1v) is 6.06. The number of pyridine rings is 1. The highest BCUT2D eigenvalue weighted by Crippen LogP contribution is 2.05. The van der Waals surface area contributed by atoms with E-state index in [1.54, 1.807) is 0 Å². The van der Waals surface area contributed by atoms with E-state index in [-0.39, 0.29) is 0 Å². The molecule has 2 heterocycles. The Morgan fingerprint density at radius 3 is 2.88 bits per heavy atom. The van der Waals surface area contributed by atoms with Crippen molar-refractivity contribution in [3.8, 4) is 0 Å². The third kappa shape index (κ3) is 2.94. The van der Waals surface area contributed by atoms with Crippen LogP contribution in [0.1, 0.15) is 23.9 Å². The fraction of sp³-hybridized carbons (Fsp3) is 0.357. The quantitative estimate of drug-likeness (QED) is 0.853. The van der Waals surface area contributed by atoms with Gasteiger partial charge in [-0.1, -0.05) is 6.07 Å². The van der Waals surface area contributed by atoms with Gasteiger partial charge in [-0.25, -0.2) is 0 Å². The molecule has 3 nitrogen and oxygen atoms in total. The highest BCUT2D eigenvalue weighted by Gasteiger charge is 2.00. The van der Waals surface area contributed by atoms with E-state index in [1.807, 2.05) is 12.3 Å². The number of rotatable bonds is 5. The second-order valence-corrected chi connectivity index (χ2v) is 4.16. The molecular weight excluding hydrogens is 210 g/mol. The van der Waals surface area contributed by atoms with Crippen LogP contribution in [0.25, 0.3) is 0 Å². The SMILES string of the molecule is CCn1cccc1CNCc1ncccc1C. The molecule has 0 saturated heterocycles. The van der Waals surface area contributed by atoms with Gasteiger partial charge in [-0.3, -0.25) is 4.98 Å². The topological polar surface area (TPSA) is 29.9 Å². The van der Waals surface area contributed by atoms with Crippen molar-refractivity contribution >= 4 is 0 Å². The molecule has 0 fully saturated rings. The van der Waals surface area contributed by atoms with Crippen LogP contribution in [0.4, 0.5) is 0 Å². The number of aromatic nitrogens is 2. The predicted octanol–water partition coefficient (Wildman–Crippen LogP) is 2.50. The molecule has 0 amide bonds. The molecule has 0 unspecified atom stereocenters. The lowest BCUT2D eigenvalue weighted by atomic mass is 10.2. The Bertz CT molecular complexity index is 474. The first-order chi connectivity index (χ1) is 8.31. The molecule has 0 atom stereocenters. The molecule has 0 aromatic carbocycles. The second-order valence-electron chi connectivity index (χ2n) is 4.16. The van der Waals surface area contributed by atoms with Crippen LogP contribution in [-0.2, 0) is 19.6 Å². The van der Waals surface area contributed by atoms with E-state index in [0.717, 1.165) is 25.3 Å². The van der Waals surface area contributed by atoms with Crippen LogP contribution in [0.15, 0.2) is 36.7 Å². The monoisotopic (exact) mass is 229 g/mol. The van der Waals surface area contributed by atoms with Crippen molar-refractivity contribution < 1.29 is 0 Å². The van der Waals surface area contributed by atoms with Crippen molar-refractivity contribution in [2.75, 3.05) is 0 Å². The Hall–Kier alpha value is -1.61. The van der Waals surface area contributed by atoms with Gasteiger partial charge in [0.2, 0.25) is 0 Å². The zero-order chi connectivity index (χ0) is 12.1. The Kier molecular flexibility index (Phi) is 3.94. The van der Waals surface area contributed by atoms with E-state index in [4.69, 9.17) is 0 Å². The molecule has 0 saturated carbocycles. The molecule has 0 aliphatic rings. The summed E-state index contributed by atoms with van der Waals surface area (Å²) in [7, 11) is 0. The summed E-state index contributed by atoms with van der Waals surface area (Å²) in [5.74, 6) is 0. The standard InChI is InChI=1S/C14H19N3/c1-3-17-9-5-7-13(17)10-15-11-14-12(2)6-4-8-16-14/h4-9,15H,3,10-11H2,1-2H3. The van der Waals surface area contributed by atoms with Crippen LogP contribution in [0, 0.1) is 6.92 Å². The van der Waals surface area contributed by atoms with Gasteiger partial charge in [-0.15, -0.1) is 0 Å². The normalized spacial score (nSPS) is 10.7. The predicted molar refractivity (Wildman–Crippen MR) is 69.6 cm³/mol. The minimum Gasteiger partial charge on any atom is -0.351 e. The Morgan fingerprint density at radius 2 is 2.12 bits per heavy atom. The van der Waals surface area contributed by atoms with Gasteiger partial charge in [-0.05, 0) is 37.6 Å². The van der Waals surface area contributed by atoms with E-state index in [0.29, 0.717) is 0 Å².